The van der Waals surface area contributed by atoms with Gasteiger partial charge in [-0.25, -0.2) is 0 Å². The molecule has 0 aliphatic rings. The van der Waals surface area contributed by atoms with E-state index in [4.69, 9.17) is 10.5 Å². The molecule has 0 aliphatic heterocycles. The summed E-state index contributed by atoms with van der Waals surface area (Å²) in [6.07, 6.45) is 1.53. The second-order valence-electron chi connectivity index (χ2n) is 1.88. The molecule has 0 radical (unpaired) electrons. The minimum absolute atomic E-state index is 0.416. The van der Waals surface area contributed by atoms with Crippen LogP contribution in [0.1, 0.15) is 5.69 Å². The highest BCUT2D eigenvalue weighted by Gasteiger charge is 1.97. The molecule has 0 unspecified atom stereocenters. The molecule has 0 saturated carbocycles. The SMILES string of the molecule is COc1cnc(C)c(N)n1. The molecule has 0 amide bonds. The van der Waals surface area contributed by atoms with Gasteiger partial charge < -0.3 is 10.5 Å². The van der Waals surface area contributed by atoms with Gasteiger partial charge in [0.15, 0.2) is 0 Å². The number of hydrogen-bond acceptors (Lipinski definition) is 4. The molecule has 0 spiro atoms. The number of aromatic nitrogens is 2. The Morgan fingerprint density at radius 3 is 2.80 bits per heavy atom. The first kappa shape index (κ1) is 6.80. The summed E-state index contributed by atoms with van der Waals surface area (Å²) in [6, 6.07) is 0. The van der Waals surface area contributed by atoms with Crippen molar-refractivity contribution >= 4 is 5.82 Å². The number of methoxy groups -OCH3 is 1. The molecule has 10 heavy (non-hydrogen) atoms. The van der Waals surface area contributed by atoms with Crippen molar-refractivity contribution in [1.29, 1.82) is 0 Å². The topological polar surface area (TPSA) is 61.0 Å². The Balaban J connectivity index is 3.04. The summed E-state index contributed by atoms with van der Waals surface area (Å²) in [5.74, 6) is 0.863. The molecule has 4 heteroatoms. The van der Waals surface area contributed by atoms with Crippen LogP contribution in [-0.2, 0) is 0 Å². The van der Waals surface area contributed by atoms with E-state index < -0.39 is 0 Å². The molecule has 2 N–H and O–H groups in total. The van der Waals surface area contributed by atoms with Crippen LogP contribution in [0.2, 0.25) is 0 Å². The zero-order valence-electron chi connectivity index (χ0n) is 5.96. The summed E-state index contributed by atoms with van der Waals surface area (Å²) in [5, 5.41) is 0. The first-order valence-electron chi connectivity index (χ1n) is 2.87. The van der Waals surface area contributed by atoms with E-state index in [1.165, 1.54) is 13.3 Å². The predicted octanol–water partition coefficient (Wildman–Crippen LogP) is 0.376. The van der Waals surface area contributed by atoms with E-state index in [0.717, 1.165) is 5.69 Å². The number of aryl methyl sites for hydroxylation is 1. The smallest absolute Gasteiger partial charge is 0.234 e. The van der Waals surface area contributed by atoms with Crippen LogP contribution in [0, 0.1) is 6.92 Å². The van der Waals surface area contributed by atoms with Gasteiger partial charge in [-0.15, -0.1) is 0 Å². The van der Waals surface area contributed by atoms with Gasteiger partial charge in [0, 0.05) is 0 Å². The number of ether oxygens (including phenoxy) is 1. The minimum atomic E-state index is 0.416. The van der Waals surface area contributed by atoms with Crippen LogP contribution in [-0.4, -0.2) is 17.1 Å². The molecule has 54 valence electrons. The summed E-state index contributed by atoms with van der Waals surface area (Å²) in [5.41, 5.74) is 6.17. The average molecular weight is 139 g/mol. The third-order valence-electron chi connectivity index (χ3n) is 1.18. The lowest BCUT2D eigenvalue weighted by Gasteiger charge is -1.99. The van der Waals surface area contributed by atoms with Gasteiger partial charge in [0.2, 0.25) is 5.88 Å². The number of hydrogen-bond donors (Lipinski definition) is 1. The maximum atomic E-state index is 5.44. The van der Waals surface area contributed by atoms with Crippen molar-refractivity contribution in [2.24, 2.45) is 0 Å². The normalized spacial score (nSPS) is 9.40. The Hall–Kier alpha value is -1.32. The highest BCUT2D eigenvalue weighted by Crippen LogP contribution is 2.08. The first-order chi connectivity index (χ1) is 4.74. The molecule has 1 rings (SSSR count). The van der Waals surface area contributed by atoms with E-state index in [0.29, 0.717) is 11.7 Å². The predicted molar refractivity (Wildman–Crippen MR) is 37.7 cm³/mol. The van der Waals surface area contributed by atoms with Crippen LogP contribution in [0.3, 0.4) is 0 Å². The van der Waals surface area contributed by atoms with E-state index in [2.05, 4.69) is 9.97 Å². The highest BCUT2D eigenvalue weighted by molar-refractivity contribution is 5.34. The molecule has 0 fully saturated rings. The molecule has 0 saturated heterocycles. The molecule has 1 aromatic heterocycles. The molecule has 0 aromatic carbocycles. The van der Waals surface area contributed by atoms with E-state index in [9.17, 15) is 0 Å². The molecule has 1 heterocycles. The van der Waals surface area contributed by atoms with Crippen LogP contribution in [0.5, 0.6) is 5.88 Å². The van der Waals surface area contributed by atoms with Crippen LogP contribution in [0.15, 0.2) is 6.20 Å². The van der Waals surface area contributed by atoms with Crippen molar-refractivity contribution in [2.45, 2.75) is 6.92 Å². The number of nitrogens with zero attached hydrogens (tertiary/aromatic N) is 2. The van der Waals surface area contributed by atoms with E-state index in [-0.39, 0.29) is 0 Å². The average Bonchev–Trinajstić information content (AvgIpc) is 1.95. The molecule has 0 atom stereocenters. The number of nitrogen functional groups attached to an aromatic ring is 1. The van der Waals surface area contributed by atoms with Crippen LogP contribution in [0.4, 0.5) is 5.82 Å². The zero-order valence-corrected chi connectivity index (χ0v) is 5.96. The van der Waals surface area contributed by atoms with Gasteiger partial charge in [0.1, 0.15) is 5.82 Å². The van der Waals surface area contributed by atoms with Gasteiger partial charge in [-0.2, -0.15) is 4.98 Å². The van der Waals surface area contributed by atoms with Crippen molar-refractivity contribution < 1.29 is 4.74 Å². The number of rotatable bonds is 1. The van der Waals surface area contributed by atoms with E-state index >= 15 is 0 Å². The number of nitrogens with two attached hydrogens (primary N) is 1. The molecular formula is C6H9N3O. The summed E-state index contributed by atoms with van der Waals surface area (Å²) < 4.78 is 4.80. The zero-order chi connectivity index (χ0) is 7.56. The maximum absolute atomic E-state index is 5.44. The fourth-order valence-electron chi connectivity index (χ4n) is 0.545. The van der Waals surface area contributed by atoms with Crippen molar-refractivity contribution in [2.75, 3.05) is 12.8 Å². The standard InChI is InChI=1S/C6H9N3O/c1-4-6(7)9-5(10-2)3-8-4/h3H,1-2H3,(H2,7,9). The van der Waals surface area contributed by atoms with Crippen molar-refractivity contribution in [3.8, 4) is 5.88 Å². The van der Waals surface area contributed by atoms with Gasteiger partial charge in [0.25, 0.3) is 0 Å². The highest BCUT2D eigenvalue weighted by atomic mass is 16.5. The second-order valence-corrected chi connectivity index (χ2v) is 1.88. The van der Waals surface area contributed by atoms with Crippen molar-refractivity contribution in [3.05, 3.63) is 11.9 Å². The molecule has 1 aromatic rings. The van der Waals surface area contributed by atoms with Gasteiger partial charge >= 0.3 is 0 Å². The summed E-state index contributed by atoms with van der Waals surface area (Å²) >= 11 is 0. The van der Waals surface area contributed by atoms with E-state index in [1.54, 1.807) is 6.92 Å². The lowest BCUT2D eigenvalue weighted by molar-refractivity contribution is 0.396. The van der Waals surface area contributed by atoms with E-state index in [1.807, 2.05) is 0 Å². The lowest BCUT2D eigenvalue weighted by Crippen LogP contribution is -1.98. The Morgan fingerprint density at radius 2 is 2.30 bits per heavy atom. The maximum Gasteiger partial charge on any atom is 0.234 e. The third kappa shape index (κ3) is 1.15. The summed E-state index contributed by atoms with van der Waals surface area (Å²) in [4.78, 5) is 7.82. The van der Waals surface area contributed by atoms with Crippen LogP contribution >= 0.6 is 0 Å². The summed E-state index contributed by atoms with van der Waals surface area (Å²) in [6.45, 7) is 1.79. The molecule has 4 nitrogen and oxygen atoms in total. The fourth-order valence-corrected chi connectivity index (χ4v) is 0.545. The van der Waals surface area contributed by atoms with Crippen molar-refractivity contribution in [3.63, 3.8) is 0 Å². The quantitative estimate of drug-likeness (QED) is 0.610. The van der Waals surface area contributed by atoms with Gasteiger partial charge in [0.05, 0.1) is 19.0 Å². The largest absolute Gasteiger partial charge is 0.480 e. The monoisotopic (exact) mass is 139 g/mol. The summed E-state index contributed by atoms with van der Waals surface area (Å²) in [7, 11) is 1.53. The van der Waals surface area contributed by atoms with Gasteiger partial charge in [-0.05, 0) is 6.92 Å². The second kappa shape index (κ2) is 2.51. The van der Waals surface area contributed by atoms with Crippen LogP contribution < -0.4 is 10.5 Å². The fraction of sp³-hybridized carbons (Fsp3) is 0.333. The molecular weight excluding hydrogens is 130 g/mol. The van der Waals surface area contributed by atoms with Crippen LogP contribution in [0.25, 0.3) is 0 Å². The molecule has 0 bridgehead atoms. The lowest BCUT2D eigenvalue weighted by atomic mass is 10.5. The first-order valence-corrected chi connectivity index (χ1v) is 2.87. The Morgan fingerprint density at radius 1 is 1.60 bits per heavy atom. The third-order valence-corrected chi connectivity index (χ3v) is 1.18. The minimum Gasteiger partial charge on any atom is -0.480 e. The Bertz CT molecular complexity index is 236. The Kier molecular flexibility index (Phi) is 1.71. The van der Waals surface area contributed by atoms with Gasteiger partial charge in [-0.3, -0.25) is 4.98 Å². The number of anilines is 1. The van der Waals surface area contributed by atoms with Crippen molar-refractivity contribution in [1.82, 2.24) is 9.97 Å². The Labute approximate surface area is 59.1 Å². The van der Waals surface area contributed by atoms with Gasteiger partial charge in [-0.1, -0.05) is 0 Å². The molecule has 0 aliphatic carbocycles.